The molecule has 0 bridgehead atoms. The number of hydrogen-bond donors (Lipinski definition) is 3. The first-order valence-corrected chi connectivity index (χ1v) is 11.0. The van der Waals surface area contributed by atoms with E-state index in [-0.39, 0.29) is 10.9 Å². The highest BCUT2D eigenvalue weighted by molar-refractivity contribution is 7.89. The van der Waals surface area contributed by atoms with Gasteiger partial charge in [-0.25, -0.2) is 13.1 Å². The number of nitrogens with one attached hydrogen (secondary N) is 3. The summed E-state index contributed by atoms with van der Waals surface area (Å²) in [4.78, 5) is 4.31. The van der Waals surface area contributed by atoms with Gasteiger partial charge in [-0.15, -0.1) is 0 Å². The zero-order chi connectivity index (χ0) is 20.3. The Labute approximate surface area is 169 Å². The topological polar surface area (TPSA) is 99.8 Å². The second-order valence-electron chi connectivity index (χ2n) is 7.08. The number of rotatable bonds is 8. The number of fused-ring (bicyclic) bond motifs is 2. The van der Waals surface area contributed by atoms with Crippen molar-refractivity contribution in [3.63, 3.8) is 0 Å². The van der Waals surface area contributed by atoms with Gasteiger partial charge in [-0.1, -0.05) is 24.3 Å². The van der Waals surface area contributed by atoms with Crippen LogP contribution in [0.2, 0.25) is 0 Å². The first-order chi connectivity index (χ1) is 14.0. The van der Waals surface area contributed by atoms with Gasteiger partial charge >= 0.3 is 0 Å². The van der Waals surface area contributed by atoms with Gasteiger partial charge in [0.25, 0.3) is 0 Å². The van der Waals surface area contributed by atoms with Crippen molar-refractivity contribution < 1.29 is 8.42 Å². The monoisotopic (exact) mass is 409 g/mol. The number of aromatic nitrogens is 3. The van der Waals surface area contributed by atoms with E-state index in [1.165, 1.54) is 0 Å². The van der Waals surface area contributed by atoms with Crippen molar-refractivity contribution in [2.24, 2.45) is 0 Å². The minimum Gasteiger partial charge on any atom is -0.315 e. The highest BCUT2D eigenvalue weighted by Crippen LogP contribution is 2.18. The van der Waals surface area contributed by atoms with E-state index in [1.54, 1.807) is 36.7 Å². The molecule has 1 atom stereocenters. The van der Waals surface area contributed by atoms with Crippen LogP contribution in [0.3, 0.4) is 0 Å². The Balaban J connectivity index is 1.32. The molecule has 0 amide bonds. The van der Waals surface area contributed by atoms with Crippen LogP contribution in [0.15, 0.2) is 65.8 Å². The molecule has 7 nitrogen and oxygen atoms in total. The molecule has 29 heavy (non-hydrogen) atoms. The molecule has 0 spiro atoms. The number of para-hydroxylation sites is 1. The van der Waals surface area contributed by atoms with Gasteiger partial charge < -0.3 is 5.32 Å². The van der Waals surface area contributed by atoms with E-state index in [1.807, 2.05) is 31.2 Å². The lowest BCUT2D eigenvalue weighted by Crippen LogP contribution is -2.40. The minimum absolute atomic E-state index is 0.246. The van der Waals surface area contributed by atoms with E-state index >= 15 is 0 Å². The molecule has 0 saturated carbocycles. The molecule has 0 aliphatic heterocycles. The molecular formula is C21H23N5O2S. The molecule has 150 valence electrons. The van der Waals surface area contributed by atoms with Crippen LogP contribution in [0.1, 0.15) is 12.6 Å². The summed E-state index contributed by atoms with van der Waals surface area (Å²) in [5.74, 6) is 0. The van der Waals surface area contributed by atoms with Crippen molar-refractivity contribution in [2.75, 3.05) is 13.1 Å². The van der Waals surface area contributed by atoms with E-state index < -0.39 is 10.0 Å². The largest absolute Gasteiger partial charge is 0.315 e. The Morgan fingerprint density at radius 3 is 2.86 bits per heavy atom. The zero-order valence-electron chi connectivity index (χ0n) is 16.1. The fourth-order valence-corrected chi connectivity index (χ4v) is 4.62. The Hall–Kier alpha value is -2.81. The molecule has 0 fully saturated rings. The predicted octanol–water partition coefficient (Wildman–Crippen LogP) is 2.61. The molecule has 2 aromatic heterocycles. The molecule has 0 unspecified atom stereocenters. The van der Waals surface area contributed by atoms with Crippen LogP contribution in [-0.4, -0.2) is 42.7 Å². The second-order valence-corrected chi connectivity index (χ2v) is 8.79. The number of H-pyrrole nitrogens is 1. The lowest BCUT2D eigenvalue weighted by molar-refractivity contribution is 0.537. The van der Waals surface area contributed by atoms with Gasteiger partial charge in [-0.2, -0.15) is 5.10 Å². The van der Waals surface area contributed by atoms with Crippen molar-refractivity contribution >= 4 is 31.7 Å². The van der Waals surface area contributed by atoms with E-state index in [0.717, 1.165) is 33.8 Å². The highest BCUT2D eigenvalue weighted by Gasteiger charge is 2.17. The molecule has 4 aromatic rings. The Bertz CT molecular complexity index is 1240. The van der Waals surface area contributed by atoms with Crippen LogP contribution in [0.25, 0.3) is 21.7 Å². The van der Waals surface area contributed by atoms with Crippen LogP contribution in [0.5, 0.6) is 0 Å². The summed E-state index contributed by atoms with van der Waals surface area (Å²) in [5.41, 5.74) is 2.03. The van der Waals surface area contributed by atoms with E-state index in [0.29, 0.717) is 13.1 Å². The zero-order valence-corrected chi connectivity index (χ0v) is 16.9. The third-order valence-corrected chi connectivity index (χ3v) is 6.40. The Kier molecular flexibility index (Phi) is 5.57. The quantitative estimate of drug-likeness (QED) is 0.389. The number of hydrogen-bond acceptors (Lipinski definition) is 5. The Morgan fingerprint density at radius 1 is 1.10 bits per heavy atom. The molecule has 0 aliphatic rings. The minimum atomic E-state index is -3.59. The summed E-state index contributed by atoms with van der Waals surface area (Å²) in [6, 6.07) is 14.6. The summed E-state index contributed by atoms with van der Waals surface area (Å²) in [6.45, 7) is 3.09. The van der Waals surface area contributed by atoms with Crippen LogP contribution in [0.4, 0.5) is 0 Å². The third kappa shape index (κ3) is 4.45. The lowest BCUT2D eigenvalue weighted by Gasteiger charge is -2.15. The molecular weight excluding hydrogens is 386 g/mol. The summed E-state index contributed by atoms with van der Waals surface area (Å²) in [5, 5.41) is 13.6. The fraction of sp³-hybridized carbons (Fsp3) is 0.238. The SMILES string of the molecule is C[C@H](CNCCc1n[nH]c2ccccc12)NS(=O)(=O)c1ccc2cnccc2c1. The third-order valence-electron chi connectivity index (χ3n) is 4.82. The maximum Gasteiger partial charge on any atom is 0.240 e. The summed E-state index contributed by atoms with van der Waals surface area (Å²) in [7, 11) is -3.59. The van der Waals surface area contributed by atoms with Crippen molar-refractivity contribution in [2.45, 2.75) is 24.3 Å². The van der Waals surface area contributed by atoms with Gasteiger partial charge in [-0.05, 0) is 36.6 Å². The number of nitrogens with zero attached hydrogens (tertiary/aromatic N) is 2. The number of sulfonamides is 1. The standard InChI is InChI=1S/C21H23N5O2S/c1-15(13-22-11-9-21-19-4-2-3-5-20(19)24-25-21)26-29(27,28)18-7-6-17-14-23-10-8-16(17)12-18/h2-8,10,12,14-15,22,26H,9,11,13H2,1H3,(H,24,25)/t15-/m1/s1. The second kappa shape index (κ2) is 8.28. The van der Waals surface area contributed by atoms with Gasteiger partial charge in [0.2, 0.25) is 10.0 Å². The number of benzene rings is 2. The normalized spacial score (nSPS) is 13.1. The van der Waals surface area contributed by atoms with Crippen LogP contribution >= 0.6 is 0 Å². The number of pyridine rings is 1. The maximum absolute atomic E-state index is 12.7. The first-order valence-electron chi connectivity index (χ1n) is 9.52. The molecule has 0 aliphatic carbocycles. The van der Waals surface area contributed by atoms with Crippen molar-refractivity contribution in [1.82, 2.24) is 25.2 Å². The summed E-state index contributed by atoms with van der Waals surface area (Å²) in [6.07, 6.45) is 4.14. The van der Waals surface area contributed by atoms with E-state index in [4.69, 9.17) is 0 Å². The van der Waals surface area contributed by atoms with Crippen LogP contribution < -0.4 is 10.0 Å². The van der Waals surface area contributed by atoms with Crippen LogP contribution in [-0.2, 0) is 16.4 Å². The van der Waals surface area contributed by atoms with Crippen molar-refractivity contribution in [3.05, 3.63) is 66.6 Å². The molecule has 3 N–H and O–H groups in total. The maximum atomic E-state index is 12.7. The van der Waals surface area contributed by atoms with Gasteiger partial charge in [0, 0.05) is 48.7 Å². The highest BCUT2D eigenvalue weighted by atomic mass is 32.2. The van der Waals surface area contributed by atoms with E-state index in [2.05, 4.69) is 25.2 Å². The van der Waals surface area contributed by atoms with Gasteiger partial charge in [0.05, 0.1) is 16.1 Å². The van der Waals surface area contributed by atoms with Gasteiger partial charge in [-0.3, -0.25) is 10.1 Å². The van der Waals surface area contributed by atoms with Gasteiger partial charge in [0.1, 0.15) is 0 Å². The van der Waals surface area contributed by atoms with Crippen LogP contribution in [0, 0.1) is 0 Å². The lowest BCUT2D eigenvalue weighted by atomic mass is 10.1. The molecule has 2 aromatic carbocycles. The molecule has 0 saturated heterocycles. The first kappa shape index (κ1) is 19.5. The average molecular weight is 410 g/mol. The summed E-state index contributed by atoms with van der Waals surface area (Å²) < 4.78 is 28.1. The molecule has 2 heterocycles. The molecule has 0 radical (unpaired) electrons. The number of aromatic amines is 1. The van der Waals surface area contributed by atoms with Crippen molar-refractivity contribution in [1.29, 1.82) is 0 Å². The molecule has 8 heteroatoms. The Morgan fingerprint density at radius 2 is 1.97 bits per heavy atom. The van der Waals surface area contributed by atoms with Crippen molar-refractivity contribution in [3.8, 4) is 0 Å². The predicted molar refractivity (Wildman–Crippen MR) is 114 cm³/mol. The summed E-state index contributed by atoms with van der Waals surface area (Å²) >= 11 is 0. The fourth-order valence-electron chi connectivity index (χ4n) is 3.34. The smallest absolute Gasteiger partial charge is 0.240 e. The van der Waals surface area contributed by atoms with E-state index in [9.17, 15) is 8.42 Å². The van der Waals surface area contributed by atoms with Gasteiger partial charge in [0.15, 0.2) is 0 Å². The average Bonchev–Trinajstić information content (AvgIpc) is 3.14. The molecule has 4 rings (SSSR count).